The van der Waals surface area contributed by atoms with E-state index in [1.54, 1.807) is 30.4 Å². The number of Topliss-reactive ketones (excluding diaryl/α,β-unsaturated/α-hetero) is 1. The molecule has 0 fully saturated rings. The van der Waals surface area contributed by atoms with Gasteiger partial charge in [-0.05, 0) is 54.8 Å². The average Bonchev–Trinajstić information content (AvgIpc) is 3.53. The number of hydrogen-bond donors (Lipinski definition) is 2. The molecule has 7 nitrogen and oxygen atoms in total. The van der Waals surface area contributed by atoms with E-state index in [2.05, 4.69) is 4.98 Å². The number of aromatic nitrogens is 2. The Kier molecular flexibility index (Phi) is 7.87. The minimum atomic E-state index is -4.37. The van der Waals surface area contributed by atoms with E-state index in [1.165, 1.54) is 16.9 Å². The van der Waals surface area contributed by atoms with Crippen LogP contribution in [0.15, 0.2) is 83.8 Å². The molecule has 0 amide bonds. The normalized spacial score (nSPS) is 11.6. The molecule has 0 spiro atoms. The average molecular weight is 602 g/mol. The molecule has 0 atom stereocenters. The van der Waals surface area contributed by atoms with Gasteiger partial charge in [0.25, 0.3) is 10.1 Å². The second-order valence-corrected chi connectivity index (χ2v) is 13.2. The number of rotatable bonds is 7. The van der Waals surface area contributed by atoms with Crippen molar-refractivity contribution >= 4 is 59.0 Å². The van der Waals surface area contributed by atoms with E-state index in [9.17, 15) is 17.8 Å². The number of fused-ring (bicyclic) bond motifs is 2. The number of thiazole rings is 2. The lowest BCUT2D eigenvalue weighted by Gasteiger charge is -2.04. The Morgan fingerprint density at radius 3 is 1.98 bits per heavy atom. The Labute approximate surface area is 245 Å². The lowest BCUT2D eigenvalue weighted by atomic mass is 10.0. The summed E-state index contributed by atoms with van der Waals surface area (Å²) in [6, 6.07) is 25.3. The monoisotopic (exact) mass is 601 g/mol. The molecular formula is C31H27N3O4S3. The highest BCUT2D eigenvalue weighted by Gasteiger charge is 2.21. The van der Waals surface area contributed by atoms with E-state index in [1.807, 2.05) is 73.7 Å². The zero-order valence-electron chi connectivity index (χ0n) is 22.4. The zero-order valence-corrected chi connectivity index (χ0v) is 24.9. The molecule has 4 N–H and O–H groups in total. The van der Waals surface area contributed by atoms with E-state index < -0.39 is 10.1 Å². The van der Waals surface area contributed by atoms with Gasteiger partial charge in [-0.1, -0.05) is 60.2 Å². The Balaban J connectivity index is 0.00000337. The first-order valence-corrected chi connectivity index (χ1v) is 15.7. The van der Waals surface area contributed by atoms with Gasteiger partial charge >= 0.3 is 0 Å². The fraction of sp³-hybridized carbons (Fsp3) is 0.129. The molecule has 6 aromatic rings. The highest BCUT2D eigenvalue weighted by atomic mass is 32.2. The number of nitrogens with zero attached hydrogens (tertiary/aromatic N) is 2. The summed E-state index contributed by atoms with van der Waals surface area (Å²) < 4.78 is 35.2. The van der Waals surface area contributed by atoms with Gasteiger partial charge < -0.3 is 6.15 Å². The third-order valence-electron chi connectivity index (χ3n) is 6.73. The number of benzene rings is 4. The van der Waals surface area contributed by atoms with Crippen LogP contribution in [-0.2, 0) is 27.8 Å². The SMILES string of the molecule is Cc1ccc(CC(=O)Cc2ccc(-c3nc4ccc(-c5nc6ccc(C)c(S(=O)(=O)O)c6s5)cc4s3)cc2)cc1.N. The number of aryl methyl sites for hydroxylation is 2. The van der Waals surface area contributed by atoms with Crippen LogP contribution < -0.4 is 6.15 Å². The molecule has 0 aliphatic heterocycles. The van der Waals surface area contributed by atoms with Crippen LogP contribution in [0.1, 0.15) is 22.3 Å². The fourth-order valence-corrected chi connectivity index (χ4v) is 8.00. The van der Waals surface area contributed by atoms with Crippen molar-refractivity contribution in [2.24, 2.45) is 0 Å². The number of ketones is 1. The molecule has 0 aliphatic carbocycles. The predicted octanol–water partition coefficient (Wildman–Crippen LogP) is 7.62. The standard InChI is InChI=1S/C31H24N2O4S3.H3N/c1-18-3-6-20(7-4-18)15-24(34)16-21-8-10-22(11-9-21)30-32-25-14-12-23(17-27(25)38-30)31-33-26-13-5-19(2)29(28(26)39-31)40(35,36)37;/h3-14,17H,15-16H2,1-2H3,(H,35,36,37);1H3. The van der Waals surface area contributed by atoms with Crippen LogP contribution in [0.5, 0.6) is 0 Å². The van der Waals surface area contributed by atoms with Crippen molar-refractivity contribution in [2.75, 3.05) is 0 Å². The summed E-state index contributed by atoms with van der Waals surface area (Å²) in [6.07, 6.45) is 0.811. The lowest BCUT2D eigenvalue weighted by molar-refractivity contribution is -0.117. The number of carbonyl (C=O) groups is 1. The largest absolute Gasteiger partial charge is 0.344 e. The van der Waals surface area contributed by atoms with E-state index in [0.717, 1.165) is 37.5 Å². The molecule has 0 unspecified atom stereocenters. The van der Waals surface area contributed by atoms with Crippen molar-refractivity contribution in [3.8, 4) is 21.1 Å². The molecule has 6 rings (SSSR count). The lowest BCUT2D eigenvalue weighted by Crippen LogP contribution is -2.06. The van der Waals surface area contributed by atoms with Crippen molar-refractivity contribution in [2.45, 2.75) is 31.6 Å². The van der Waals surface area contributed by atoms with Crippen molar-refractivity contribution in [1.82, 2.24) is 16.1 Å². The number of carbonyl (C=O) groups excluding carboxylic acids is 1. The molecule has 0 saturated carbocycles. The van der Waals surface area contributed by atoms with Gasteiger partial charge in [-0.15, -0.1) is 22.7 Å². The zero-order chi connectivity index (χ0) is 28.0. The first kappa shape index (κ1) is 28.7. The summed E-state index contributed by atoms with van der Waals surface area (Å²) in [4.78, 5) is 21.9. The van der Waals surface area contributed by atoms with Gasteiger partial charge in [0.2, 0.25) is 0 Å². The second-order valence-electron chi connectivity index (χ2n) is 9.83. The maximum absolute atomic E-state index is 12.6. The summed E-state index contributed by atoms with van der Waals surface area (Å²) >= 11 is 2.80. The minimum absolute atomic E-state index is 0. The van der Waals surface area contributed by atoms with E-state index >= 15 is 0 Å². The van der Waals surface area contributed by atoms with Crippen LogP contribution in [0.25, 0.3) is 41.6 Å². The van der Waals surface area contributed by atoms with Crippen LogP contribution in [0.2, 0.25) is 0 Å². The van der Waals surface area contributed by atoms with Gasteiger partial charge in [-0.2, -0.15) is 8.42 Å². The highest BCUT2D eigenvalue weighted by Crippen LogP contribution is 2.38. The van der Waals surface area contributed by atoms with Crippen molar-refractivity contribution < 1.29 is 17.8 Å². The molecule has 0 aliphatic rings. The van der Waals surface area contributed by atoms with Crippen LogP contribution in [0.3, 0.4) is 0 Å². The summed E-state index contributed by atoms with van der Waals surface area (Å²) in [5.41, 5.74) is 6.88. The van der Waals surface area contributed by atoms with Crippen LogP contribution in [0, 0.1) is 13.8 Å². The van der Waals surface area contributed by atoms with E-state index in [-0.39, 0.29) is 16.8 Å². The Morgan fingerprint density at radius 1 is 0.756 bits per heavy atom. The molecule has 208 valence electrons. The van der Waals surface area contributed by atoms with Crippen LogP contribution >= 0.6 is 22.7 Å². The van der Waals surface area contributed by atoms with Gasteiger partial charge in [-0.25, -0.2) is 9.97 Å². The van der Waals surface area contributed by atoms with Crippen LogP contribution in [-0.4, -0.2) is 28.7 Å². The van der Waals surface area contributed by atoms with E-state index in [0.29, 0.717) is 33.6 Å². The third-order valence-corrected chi connectivity index (χ3v) is 10.1. The van der Waals surface area contributed by atoms with Crippen molar-refractivity contribution in [3.63, 3.8) is 0 Å². The quantitative estimate of drug-likeness (QED) is 0.180. The Hall–Kier alpha value is -3.80. The maximum Gasteiger partial charge on any atom is 0.296 e. The molecule has 4 aromatic carbocycles. The smallest absolute Gasteiger partial charge is 0.296 e. The number of hydrogen-bond acceptors (Lipinski definition) is 8. The predicted molar refractivity (Wildman–Crippen MR) is 167 cm³/mol. The van der Waals surface area contributed by atoms with Crippen molar-refractivity contribution in [3.05, 3.63) is 101 Å². The summed E-state index contributed by atoms with van der Waals surface area (Å²) in [7, 11) is -4.37. The van der Waals surface area contributed by atoms with Crippen LogP contribution in [0.4, 0.5) is 0 Å². The topological polar surface area (TPSA) is 132 Å². The van der Waals surface area contributed by atoms with E-state index in [4.69, 9.17) is 4.98 Å². The maximum atomic E-state index is 12.6. The van der Waals surface area contributed by atoms with Gasteiger partial charge in [0.15, 0.2) is 0 Å². The highest BCUT2D eigenvalue weighted by molar-refractivity contribution is 7.86. The first-order chi connectivity index (χ1) is 19.1. The molecule has 0 bridgehead atoms. The molecular weight excluding hydrogens is 575 g/mol. The minimum Gasteiger partial charge on any atom is -0.344 e. The molecule has 2 heterocycles. The second kappa shape index (κ2) is 11.2. The Morgan fingerprint density at radius 2 is 1.32 bits per heavy atom. The molecule has 2 aromatic heterocycles. The third kappa shape index (κ3) is 5.97. The van der Waals surface area contributed by atoms with Crippen molar-refractivity contribution in [1.29, 1.82) is 0 Å². The molecule has 0 saturated heterocycles. The Bertz CT molecular complexity index is 2010. The summed E-state index contributed by atoms with van der Waals surface area (Å²) in [5.74, 6) is 0.179. The summed E-state index contributed by atoms with van der Waals surface area (Å²) in [6.45, 7) is 3.69. The molecule has 10 heteroatoms. The van der Waals surface area contributed by atoms with Gasteiger partial charge in [0.1, 0.15) is 20.7 Å². The summed E-state index contributed by atoms with van der Waals surface area (Å²) in [5, 5.41) is 1.54. The van der Waals surface area contributed by atoms with Gasteiger partial charge in [0, 0.05) is 24.0 Å². The molecule has 41 heavy (non-hydrogen) atoms. The van der Waals surface area contributed by atoms with Gasteiger partial charge in [-0.3, -0.25) is 9.35 Å². The first-order valence-electron chi connectivity index (χ1n) is 12.6. The van der Waals surface area contributed by atoms with Gasteiger partial charge in [0.05, 0.1) is 20.4 Å². The molecule has 0 radical (unpaired) electrons. The fourth-order valence-electron chi connectivity index (χ4n) is 4.68.